The van der Waals surface area contributed by atoms with Crippen LogP contribution in [-0.2, 0) is 4.74 Å². The van der Waals surface area contributed by atoms with Gasteiger partial charge in [-0.3, -0.25) is 4.90 Å². The van der Waals surface area contributed by atoms with E-state index < -0.39 is 0 Å². The maximum Gasteiger partial charge on any atom is 0.0622 e. The van der Waals surface area contributed by atoms with E-state index in [-0.39, 0.29) is 0 Å². The molecule has 2 fully saturated rings. The number of hydrogen-bond acceptors (Lipinski definition) is 3. The second kappa shape index (κ2) is 6.11. The molecule has 1 unspecified atom stereocenters. The second-order valence-corrected chi connectivity index (χ2v) is 6.42. The molecule has 0 aromatic heterocycles. The van der Waals surface area contributed by atoms with Crippen molar-refractivity contribution in [3.63, 3.8) is 0 Å². The van der Waals surface area contributed by atoms with Gasteiger partial charge in [0.25, 0.3) is 0 Å². The average Bonchev–Trinajstić information content (AvgIpc) is 3.00. The molecule has 2 aliphatic rings. The number of ether oxygens (including phenoxy) is 1. The quantitative estimate of drug-likeness (QED) is 0.830. The summed E-state index contributed by atoms with van der Waals surface area (Å²) in [6.07, 6.45) is 6.12. The molecule has 0 aromatic rings. The molecule has 0 aromatic carbocycles. The van der Waals surface area contributed by atoms with Crippen LogP contribution in [0.4, 0.5) is 0 Å². The third-order valence-electron chi connectivity index (χ3n) is 5.89. The van der Waals surface area contributed by atoms with Crippen LogP contribution in [0.3, 0.4) is 0 Å². The molecule has 2 saturated heterocycles. The normalized spacial score (nSPS) is 30.6. The minimum absolute atomic E-state index is 0.316. The van der Waals surface area contributed by atoms with E-state index in [4.69, 9.17) is 4.74 Å². The molecule has 2 heterocycles. The van der Waals surface area contributed by atoms with Gasteiger partial charge in [0.05, 0.1) is 6.61 Å². The summed E-state index contributed by atoms with van der Waals surface area (Å²) in [5.41, 5.74) is 0.655. The third-order valence-corrected chi connectivity index (χ3v) is 5.89. The highest BCUT2D eigenvalue weighted by Gasteiger charge is 2.47. The molecule has 0 spiro atoms. The van der Waals surface area contributed by atoms with Gasteiger partial charge in [0.1, 0.15) is 0 Å². The maximum atomic E-state index is 5.67. The SMILES string of the molecule is CCC1(CC)CN(C2CCOC2)C(CC)(CC)CN1. The van der Waals surface area contributed by atoms with Crippen LogP contribution in [0.2, 0.25) is 0 Å². The molecule has 0 amide bonds. The second-order valence-electron chi connectivity index (χ2n) is 6.42. The van der Waals surface area contributed by atoms with Gasteiger partial charge < -0.3 is 10.1 Å². The fourth-order valence-corrected chi connectivity index (χ4v) is 3.92. The molecule has 0 bridgehead atoms. The summed E-state index contributed by atoms with van der Waals surface area (Å²) in [6.45, 7) is 13.6. The van der Waals surface area contributed by atoms with Crippen molar-refractivity contribution >= 4 is 0 Å². The van der Waals surface area contributed by atoms with Crippen LogP contribution in [0.15, 0.2) is 0 Å². The van der Waals surface area contributed by atoms with Gasteiger partial charge in [0.2, 0.25) is 0 Å². The Kier molecular flexibility index (Phi) is 4.91. The minimum atomic E-state index is 0.316. The molecule has 1 atom stereocenters. The van der Waals surface area contributed by atoms with Crippen LogP contribution in [0.5, 0.6) is 0 Å². The molecule has 3 nitrogen and oxygen atoms in total. The van der Waals surface area contributed by atoms with E-state index in [9.17, 15) is 0 Å². The largest absolute Gasteiger partial charge is 0.380 e. The molecule has 2 aliphatic heterocycles. The number of nitrogens with zero attached hydrogens (tertiary/aromatic N) is 1. The van der Waals surface area contributed by atoms with Crippen LogP contribution >= 0.6 is 0 Å². The summed E-state index contributed by atoms with van der Waals surface area (Å²) in [4.78, 5) is 2.81. The summed E-state index contributed by atoms with van der Waals surface area (Å²) in [5, 5.41) is 3.90. The van der Waals surface area contributed by atoms with E-state index >= 15 is 0 Å². The van der Waals surface area contributed by atoms with E-state index in [1.165, 1.54) is 38.6 Å². The highest BCUT2D eigenvalue weighted by molar-refractivity contribution is 5.06. The van der Waals surface area contributed by atoms with E-state index in [1.807, 2.05) is 0 Å². The Morgan fingerprint density at radius 3 is 2.26 bits per heavy atom. The van der Waals surface area contributed by atoms with Crippen molar-refractivity contribution in [1.29, 1.82) is 0 Å². The number of rotatable bonds is 5. The molecular formula is C16H32N2O. The lowest BCUT2D eigenvalue weighted by Gasteiger charge is -2.56. The first-order valence-electron chi connectivity index (χ1n) is 8.25. The number of nitrogens with one attached hydrogen (secondary N) is 1. The molecule has 0 aliphatic carbocycles. The fourth-order valence-electron chi connectivity index (χ4n) is 3.92. The van der Waals surface area contributed by atoms with Gasteiger partial charge in [-0.05, 0) is 32.1 Å². The van der Waals surface area contributed by atoms with E-state index in [0.717, 1.165) is 19.8 Å². The van der Waals surface area contributed by atoms with Gasteiger partial charge >= 0.3 is 0 Å². The average molecular weight is 268 g/mol. The molecule has 2 rings (SSSR count). The molecule has 0 saturated carbocycles. The zero-order chi connectivity index (χ0) is 13.9. The van der Waals surface area contributed by atoms with Crippen LogP contribution in [0.1, 0.15) is 59.8 Å². The number of hydrogen-bond donors (Lipinski definition) is 1. The van der Waals surface area contributed by atoms with Crippen molar-refractivity contribution in [2.75, 3.05) is 26.3 Å². The van der Waals surface area contributed by atoms with Gasteiger partial charge in [0.15, 0.2) is 0 Å². The molecular weight excluding hydrogens is 236 g/mol. The van der Waals surface area contributed by atoms with Crippen molar-refractivity contribution in [3.05, 3.63) is 0 Å². The van der Waals surface area contributed by atoms with Crippen molar-refractivity contribution in [2.24, 2.45) is 0 Å². The molecule has 0 radical (unpaired) electrons. The lowest BCUT2D eigenvalue weighted by Crippen LogP contribution is -2.71. The Morgan fingerprint density at radius 1 is 1.11 bits per heavy atom. The molecule has 112 valence electrons. The Balaban J connectivity index is 2.22. The first-order chi connectivity index (χ1) is 9.15. The Bertz CT molecular complexity index is 278. The Labute approximate surface area is 119 Å². The van der Waals surface area contributed by atoms with Gasteiger partial charge in [-0.2, -0.15) is 0 Å². The Morgan fingerprint density at radius 2 is 1.79 bits per heavy atom. The number of piperazine rings is 1. The third kappa shape index (κ3) is 2.70. The van der Waals surface area contributed by atoms with E-state index in [2.05, 4.69) is 37.9 Å². The molecule has 1 N–H and O–H groups in total. The smallest absolute Gasteiger partial charge is 0.0622 e. The van der Waals surface area contributed by atoms with Gasteiger partial charge in [-0.25, -0.2) is 0 Å². The van der Waals surface area contributed by atoms with Gasteiger partial charge in [-0.1, -0.05) is 27.7 Å². The molecule has 3 heteroatoms. The fraction of sp³-hybridized carbons (Fsp3) is 1.00. The van der Waals surface area contributed by atoms with Crippen LogP contribution in [0.25, 0.3) is 0 Å². The van der Waals surface area contributed by atoms with Crippen molar-refractivity contribution in [2.45, 2.75) is 76.9 Å². The summed E-state index contributed by atoms with van der Waals surface area (Å²) in [7, 11) is 0. The van der Waals surface area contributed by atoms with Crippen molar-refractivity contribution in [1.82, 2.24) is 10.2 Å². The predicted molar refractivity (Wildman–Crippen MR) is 80.6 cm³/mol. The first kappa shape index (κ1) is 15.3. The zero-order valence-electron chi connectivity index (χ0n) is 13.3. The Hall–Kier alpha value is -0.120. The van der Waals surface area contributed by atoms with E-state index in [1.54, 1.807) is 0 Å². The van der Waals surface area contributed by atoms with Gasteiger partial charge in [-0.15, -0.1) is 0 Å². The zero-order valence-corrected chi connectivity index (χ0v) is 13.3. The van der Waals surface area contributed by atoms with Crippen LogP contribution in [-0.4, -0.2) is 48.3 Å². The highest BCUT2D eigenvalue weighted by atomic mass is 16.5. The topological polar surface area (TPSA) is 24.5 Å². The monoisotopic (exact) mass is 268 g/mol. The standard InChI is InChI=1S/C16H32N2O/c1-5-15(6-2)13-18(14-9-10-19-11-14)16(7-3,8-4)12-17-15/h14,17H,5-13H2,1-4H3. The maximum absolute atomic E-state index is 5.67. The van der Waals surface area contributed by atoms with Gasteiger partial charge in [0, 0.05) is 36.8 Å². The summed E-state index contributed by atoms with van der Waals surface area (Å²) < 4.78 is 5.67. The first-order valence-corrected chi connectivity index (χ1v) is 8.25. The summed E-state index contributed by atoms with van der Waals surface area (Å²) in [5.74, 6) is 0. The summed E-state index contributed by atoms with van der Waals surface area (Å²) >= 11 is 0. The lowest BCUT2D eigenvalue weighted by molar-refractivity contribution is -0.0370. The highest BCUT2D eigenvalue weighted by Crippen LogP contribution is 2.36. The van der Waals surface area contributed by atoms with Crippen molar-refractivity contribution in [3.8, 4) is 0 Å². The lowest BCUT2D eigenvalue weighted by atomic mass is 9.79. The minimum Gasteiger partial charge on any atom is -0.380 e. The van der Waals surface area contributed by atoms with Crippen LogP contribution in [0, 0.1) is 0 Å². The van der Waals surface area contributed by atoms with Crippen molar-refractivity contribution < 1.29 is 4.74 Å². The predicted octanol–water partition coefficient (Wildman–Crippen LogP) is 2.80. The van der Waals surface area contributed by atoms with E-state index in [0.29, 0.717) is 17.1 Å². The molecule has 19 heavy (non-hydrogen) atoms. The summed E-state index contributed by atoms with van der Waals surface area (Å²) in [6, 6.07) is 0.638. The van der Waals surface area contributed by atoms with Crippen LogP contribution < -0.4 is 5.32 Å².